The molecule has 1 rings (SSSR count). The molecule has 108 valence electrons. The molecule has 0 heterocycles. The maximum absolute atomic E-state index is 11.9. The van der Waals surface area contributed by atoms with Gasteiger partial charge in [-0.3, -0.25) is 14.9 Å². The van der Waals surface area contributed by atoms with E-state index >= 15 is 0 Å². The summed E-state index contributed by atoms with van der Waals surface area (Å²) in [6, 6.07) is 3.04. The van der Waals surface area contributed by atoms with E-state index in [2.05, 4.69) is 5.32 Å². The molecule has 0 spiro atoms. The van der Waals surface area contributed by atoms with Crippen LogP contribution in [0, 0.1) is 10.1 Å². The molecule has 20 heavy (non-hydrogen) atoms. The number of nitrogens with one attached hydrogen (secondary N) is 1. The summed E-state index contributed by atoms with van der Waals surface area (Å²) in [6.45, 7) is 1.62. The summed E-state index contributed by atoms with van der Waals surface area (Å²) in [5.74, 6) is -1.79. The molecule has 1 amide bonds. The lowest BCUT2D eigenvalue weighted by Crippen LogP contribution is -2.40. The molecule has 0 aliphatic heterocycles. The van der Waals surface area contributed by atoms with Crippen LogP contribution >= 0.6 is 11.8 Å². The van der Waals surface area contributed by atoms with Crippen molar-refractivity contribution >= 4 is 29.3 Å². The van der Waals surface area contributed by atoms with Gasteiger partial charge in [0, 0.05) is 11.6 Å². The lowest BCUT2D eigenvalue weighted by molar-refractivity contribution is -0.387. The number of hydrogen-bond donors (Lipinski definition) is 2. The Kier molecular flexibility index (Phi) is 5.51. The predicted octanol–water partition coefficient (Wildman–Crippen LogP) is 1.91. The molecule has 0 radical (unpaired) electrons. The van der Waals surface area contributed by atoms with Crippen LogP contribution < -0.4 is 5.32 Å². The van der Waals surface area contributed by atoms with Gasteiger partial charge in [-0.15, -0.1) is 11.8 Å². The van der Waals surface area contributed by atoms with E-state index in [0.717, 1.165) is 6.07 Å². The Balaban J connectivity index is 3.02. The van der Waals surface area contributed by atoms with Crippen LogP contribution in [0.15, 0.2) is 23.1 Å². The summed E-state index contributed by atoms with van der Waals surface area (Å²) < 4.78 is 0. The highest BCUT2D eigenvalue weighted by Gasteiger charge is 2.21. The molecule has 0 aliphatic carbocycles. The van der Waals surface area contributed by atoms with Crippen LogP contribution in [0.1, 0.15) is 23.7 Å². The number of hydrogen-bond acceptors (Lipinski definition) is 5. The van der Waals surface area contributed by atoms with Crippen LogP contribution in [0.3, 0.4) is 0 Å². The van der Waals surface area contributed by atoms with Crippen molar-refractivity contribution in [3.63, 3.8) is 0 Å². The monoisotopic (exact) mass is 298 g/mol. The van der Waals surface area contributed by atoms with Gasteiger partial charge in [-0.25, -0.2) is 4.79 Å². The first-order chi connectivity index (χ1) is 9.40. The number of carbonyl (C=O) groups is 2. The van der Waals surface area contributed by atoms with E-state index in [1.165, 1.54) is 23.9 Å². The maximum Gasteiger partial charge on any atom is 0.326 e. The van der Waals surface area contributed by atoms with Crippen LogP contribution in [0.25, 0.3) is 0 Å². The van der Waals surface area contributed by atoms with E-state index in [1.807, 2.05) is 0 Å². The Bertz CT molecular complexity index is 547. The zero-order valence-corrected chi connectivity index (χ0v) is 11.8. The Morgan fingerprint density at radius 1 is 1.50 bits per heavy atom. The van der Waals surface area contributed by atoms with Crippen molar-refractivity contribution in [3.8, 4) is 0 Å². The van der Waals surface area contributed by atoms with E-state index in [-0.39, 0.29) is 17.7 Å². The fourth-order valence-electron chi connectivity index (χ4n) is 1.55. The average Bonchev–Trinajstić information content (AvgIpc) is 2.43. The van der Waals surface area contributed by atoms with Gasteiger partial charge in [-0.1, -0.05) is 6.92 Å². The van der Waals surface area contributed by atoms with Crippen molar-refractivity contribution in [2.24, 2.45) is 0 Å². The Morgan fingerprint density at radius 2 is 2.15 bits per heavy atom. The van der Waals surface area contributed by atoms with E-state index in [0.29, 0.717) is 4.90 Å². The number of carboxylic acids is 1. The van der Waals surface area contributed by atoms with Crippen molar-refractivity contribution in [1.82, 2.24) is 5.32 Å². The number of thioether (sulfide) groups is 1. The number of carboxylic acid groups (broad SMARTS) is 1. The van der Waals surface area contributed by atoms with Crippen LogP contribution in [0.4, 0.5) is 5.69 Å². The maximum atomic E-state index is 11.9. The van der Waals surface area contributed by atoms with Crippen LogP contribution in [-0.2, 0) is 4.79 Å². The van der Waals surface area contributed by atoms with Gasteiger partial charge < -0.3 is 10.4 Å². The third-order valence-corrected chi connectivity index (χ3v) is 3.43. The molecule has 0 aromatic heterocycles. The second-order valence-electron chi connectivity index (χ2n) is 3.92. The molecule has 1 atom stereocenters. The third kappa shape index (κ3) is 3.70. The molecule has 0 saturated heterocycles. The number of nitro groups is 1. The Hall–Kier alpha value is -2.09. The number of aliphatic carboxylic acids is 1. The molecular formula is C12H14N2O5S. The number of nitro benzene ring substituents is 1. The Morgan fingerprint density at radius 3 is 2.60 bits per heavy atom. The van der Waals surface area contributed by atoms with E-state index in [4.69, 9.17) is 5.11 Å². The SMILES string of the molecule is CC[C@H](NC(=O)c1ccc(SC)c([N+](=O)[O-])c1)C(=O)O. The van der Waals surface area contributed by atoms with Crippen molar-refractivity contribution < 1.29 is 19.6 Å². The van der Waals surface area contributed by atoms with Gasteiger partial charge in [0.1, 0.15) is 6.04 Å². The molecule has 0 fully saturated rings. The highest BCUT2D eigenvalue weighted by atomic mass is 32.2. The molecule has 0 bridgehead atoms. The number of benzene rings is 1. The average molecular weight is 298 g/mol. The van der Waals surface area contributed by atoms with Crippen molar-refractivity contribution in [2.45, 2.75) is 24.3 Å². The standard InChI is InChI=1S/C12H14N2O5S/c1-3-8(12(16)17)13-11(15)7-4-5-10(20-2)9(6-7)14(18)19/h4-6,8H,3H2,1-2H3,(H,13,15)(H,16,17)/t8-/m0/s1. The lowest BCUT2D eigenvalue weighted by atomic mass is 10.1. The highest BCUT2D eigenvalue weighted by Crippen LogP contribution is 2.28. The fraction of sp³-hybridized carbons (Fsp3) is 0.333. The topological polar surface area (TPSA) is 110 Å². The second-order valence-corrected chi connectivity index (χ2v) is 4.76. The summed E-state index contributed by atoms with van der Waals surface area (Å²) in [4.78, 5) is 33.5. The molecule has 1 aromatic rings. The first-order valence-electron chi connectivity index (χ1n) is 5.76. The van der Waals surface area contributed by atoms with Crippen molar-refractivity contribution in [2.75, 3.05) is 6.26 Å². The summed E-state index contributed by atoms with van der Waals surface area (Å²) in [6.07, 6.45) is 1.92. The minimum atomic E-state index is -1.14. The smallest absolute Gasteiger partial charge is 0.326 e. The summed E-state index contributed by atoms with van der Waals surface area (Å²) in [5, 5.41) is 22.1. The number of rotatable bonds is 6. The van der Waals surface area contributed by atoms with Gasteiger partial charge in [0.2, 0.25) is 0 Å². The largest absolute Gasteiger partial charge is 0.480 e. The van der Waals surface area contributed by atoms with Crippen LogP contribution in [0.2, 0.25) is 0 Å². The molecule has 0 aliphatic rings. The van der Waals surface area contributed by atoms with Crippen LogP contribution in [0.5, 0.6) is 0 Å². The van der Waals surface area contributed by atoms with Gasteiger partial charge in [-0.2, -0.15) is 0 Å². The van der Waals surface area contributed by atoms with E-state index < -0.39 is 22.8 Å². The van der Waals surface area contributed by atoms with Gasteiger partial charge in [0.25, 0.3) is 11.6 Å². The molecule has 0 unspecified atom stereocenters. The zero-order valence-electron chi connectivity index (χ0n) is 11.0. The highest BCUT2D eigenvalue weighted by molar-refractivity contribution is 7.98. The van der Waals surface area contributed by atoms with E-state index in [9.17, 15) is 19.7 Å². The number of nitrogens with zero attached hydrogens (tertiary/aromatic N) is 1. The van der Waals surface area contributed by atoms with Crippen molar-refractivity contribution in [3.05, 3.63) is 33.9 Å². The molecule has 0 saturated carbocycles. The second kappa shape index (κ2) is 6.90. The van der Waals surface area contributed by atoms with Gasteiger partial charge in [0.15, 0.2) is 0 Å². The van der Waals surface area contributed by atoms with Crippen LogP contribution in [-0.4, -0.2) is 34.2 Å². The van der Waals surface area contributed by atoms with Crippen molar-refractivity contribution in [1.29, 1.82) is 0 Å². The normalized spacial score (nSPS) is 11.7. The molecular weight excluding hydrogens is 284 g/mol. The fourth-order valence-corrected chi connectivity index (χ4v) is 2.10. The molecule has 8 heteroatoms. The summed E-state index contributed by atoms with van der Waals surface area (Å²) in [7, 11) is 0. The third-order valence-electron chi connectivity index (χ3n) is 2.65. The first kappa shape index (κ1) is 16.0. The molecule has 1 aromatic carbocycles. The molecule has 7 nitrogen and oxygen atoms in total. The number of amides is 1. The lowest BCUT2D eigenvalue weighted by Gasteiger charge is -2.12. The minimum Gasteiger partial charge on any atom is -0.480 e. The summed E-state index contributed by atoms with van der Waals surface area (Å²) in [5.41, 5.74) is -0.109. The first-order valence-corrected chi connectivity index (χ1v) is 6.99. The molecule has 2 N–H and O–H groups in total. The van der Waals surface area contributed by atoms with Gasteiger partial charge >= 0.3 is 5.97 Å². The van der Waals surface area contributed by atoms with Gasteiger partial charge in [-0.05, 0) is 24.8 Å². The van der Waals surface area contributed by atoms with E-state index in [1.54, 1.807) is 13.2 Å². The Labute approximate surface area is 119 Å². The zero-order chi connectivity index (χ0) is 15.3. The van der Waals surface area contributed by atoms with Gasteiger partial charge in [0.05, 0.1) is 9.82 Å². The minimum absolute atomic E-state index is 0.0641. The number of carbonyl (C=O) groups excluding carboxylic acids is 1. The quantitative estimate of drug-likeness (QED) is 0.471. The summed E-state index contributed by atoms with van der Waals surface area (Å²) >= 11 is 1.20. The predicted molar refractivity (Wildman–Crippen MR) is 74.1 cm³/mol.